The van der Waals surface area contributed by atoms with Crippen LogP contribution in [0.5, 0.6) is 0 Å². The van der Waals surface area contributed by atoms with Gasteiger partial charge in [0.05, 0.1) is 5.41 Å². The Hall–Kier alpha value is -1.88. The lowest BCUT2D eigenvalue weighted by Gasteiger charge is -2.22. The molecule has 0 spiro atoms. The number of rotatable bonds is 6. The van der Waals surface area contributed by atoms with E-state index in [4.69, 9.17) is 5.73 Å². The van der Waals surface area contributed by atoms with Crippen LogP contribution in [-0.4, -0.2) is 24.9 Å². The van der Waals surface area contributed by atoms with Crippen molar-refractivity contribution in [3.05, 3.63) is 29.8 Å². The van der Waals surface area contributed by atoms with E-state index < -0.39 is 5.41 Å². The molecule has 2 amide bonds. The van der Waals surface area contributed by atoms with Crippen molar-refractivity contribution in [2.24, 2.45) is 11.7 Å². The van der Waals surface area contributed by atoms with Crippen LogP contribution in [0.4, 0.5) is 5.69 Å². The number of carbonyl (C=O) groups excluding carboxylic acids is 2. The molecule has 1 aromatic carbocycles. The van der Waals surface area contributed by atoms with E-state index in [-0.39, 0.29) is 11.8 Å². The van der Waals surface area contributed by atoms with E-state index in [0.29, 0.717) is 12.3 Å². The summed E-state index contributed by atoms with van der Waals surface area (Å²) in [5.41, 5.74) is 6.31. The van der Waals surface area contributed by atoms with Crippen molar-refractivity contribution in [3.63, 3.8) is 0 Å². The molecule has 126 valence electrons. The molecule has 1 aliphatic rings. The molecule has 4 N–H and O–H groups in total. The molecule has 1 fully saturated rings. The van der Waals surface area contributed by atoms with Gasteiger partial charge >= 0.3 is 0 Å². The van der Waals surface area contributed by atoms with Crippen molar-refractivity contribution in [2.45, 2.75) is 44.9 Å². The SMILES string of the molecule is CC(C)(C(N)=O)c1ccc(NC(=O)CCC2CCNCC2)cc1. The van der Waals surface area contributed by atoms with Gasteiger partial charge in [0, 0.05) is 12.1 Å². The van der Waals surface area contributed by atoms with Crippen LogP contribution < -0.4 is 16.4 Å². The molecule has 5 heteroatoms. The van der Waals surface area contributed by atoms with Gasteiger partial charge in [0.15, 0.2) is 0 Å². The molecule has 0 radical (unpaired) electrons. The van der Waals surface area contributed by atoms with Gasteiger partial charge in [-0.05, 0) is 69.8 Å². The van der Waals surface area contributed by atoms with Gasteiger partial charge in [-0.2, -0.15) is 0 Å². The Morgan fingerprint density at radius 2 is 1.83 bits per heavy atom. The van der Waals surface area contributed by atoms with Crippen LogP contribution in [0.25, 0.3) is 0 Å². The number of anilines is 1. The molecule has 1 aliphatic heterocycles. The number of nitrogens with one attached hydrogen (secondary N) is 2. The van der Waals surface area contributed by atoms with Gasteiger partial charge in [-0.3, -0.25) is 9.59 Å². The van der Waals surface area contributed by atoms with E-state index in [1.165, 1.54) is 0 Å². The average Bonchev–Trinajstić information content (AvgIpc) is 2.54. The second-order valence-electron chi connectivity index (χ2n) is 6.85. The zero-order valence-electron chi connectivity index (χ0n) is 14.0. The van der Waals surface area contributed by atoms with Crippen molar-refractivity contribution in [3.8, 4) is 0 Å². The summed E-state index contributed by atoms with van der Waals surface area (Å²) in [6, 6.07) is 7.32. The monoisotopic (exact) mass is 317 g/mol. The zero-order chi connectivity index (χ0) is 16.9. The highest BCUT2D eigenvalue weighted by Crippen LogP contribution is 2.24. The zero-order valence-corrected chi connectivity index (χ0v) is 14.0. The molecule has 1 saturated heterocycles. The van der Waals surface area contributed by atoms with Crippen LogP contribution >= 0.6 is 0 Å². The van der Waals surface area contributed by atoms with Crippen LogP contribution in [0.1, 0.15) is 45.1 Å². The van der Waals surface area contributed by atoms with Gasteiger partial charge in [-0.1, -0.05) is 12.1 Å². The summed E-state index contributed by atoms with van der Waals surface area (Å²) >= 11 is 0. The summed E-state index contributed by atoms with van der Waals surface area (Å²) in [5.74, 6) is 0.336. The Labute approximate surface area is 138 Å². The smallest absolute Gasteiger partial charge is 0.227 e. The Morgan fingerprint density at radius 1 is 1.22 bits per heavy atom. The molecule has 5 nitrogen and oxygen atoms in total. The van der Waals surface area contributed by atoms with Crippen LogP contribution in [0.15, 0.2) is 24.3 Å². The first-order valence-corrected chi connectivity index (χ1v) is 8.30. The fourth-order valence-electron chi connectivity index (χ4n) is 2.84. The molecule has 1 aromatic rings. The van der Waals surface area contributed by atoms with E-state index in [1.54, 1.807) is 13.8 Å². The Bertz CT molecular complexity index is 546. The first kappa shape index (κ1) is 17.5. The maximum Gasteiger partial charge on any atom is 0.227 e. The van der Waals surface area contributed by atoms with Crippen molar-refractivity contribution >= 4 is 17.5 Å². The average molecular weight is 317 g/mol. The summed E-state index contributed by atoms with van der Waals surface area (Å²) in [5, 5.41) is 6.25. The first-order chi connectivity index (χ1) is 10.9. The maximum absolute atomic E-state index is 12.0. The van der Waals surface area contributed by atoms with Crippen LogP contribution in [0, 0.1) is 5.92 Å². The first-order valence-electron chi connectivity index (χ1n) is 8.30. The highest BCUT2D eigenvalue weighted by atomic mass is 16.2. The van der Waals surface area contributed by atoms with Crippen molar-refractivity contribution in [1.82, 2.24) is 5.32 Å². The number of carbonyl (C=O) groups is 2. The van der Waals surface area contributed by atoms with Gasteiger partial charge in [-0.25, -0.2) is 0 Å². The fourth-order valence-corrected chi connectivity index (χ4v) is 2.84. The molecule has 1 heterocycles. The van der Waals surface area contributed by atoms with E-state index in [1.807, 2.05) is 24.3 Å². The number of nitrogens with two attached hydrogens (primary N) is 1. The molecule has 0 bridgehead atoms. The van der Waals surface area contributed by atoms with Gasteiger partial charge in [0.2, 0.25) is 11.8 Å². The van der Waals surface area contributed by atoms with Crippen LogP contribution in [0.2, 0.25) is 0 Å². The van der Waals surface area contributed by atoms with E-state index in [2.05, 4.69) is 10.6 Å². The lowest BCUT2D eigenvalue weighted by molar-refractivity contribution is -0.122. The molecule has 0 atom stereocenters. The minimum Gasteiger partial charge on any atom is -0.369 e. The van der Waals surface area contributed by atoms with Crippen molar-refractivity contribution in [2.75, 3.05) is 18.4 Å². The quantitative estimate of drug-likeness (QED) is 0.752. The summed E-state index contributed by atoms with van der Waals surface area (Å²) in [4.78, 5) is 23.5. The standard InChI is InChI=1S/C18H27N3O2/c1-18(2,17(19)23)14-4-6-15(7-5-14)21-16(22)8-3-13-9-11-20-12-10-13/h4-7,13,20H,3,8-12H2,1-2H3,(H2,19,23)(H,21,22). The number of piperidine rings is 1. The fraction of sp³-hybridized carbons (Fsp3) is 0.556. The van der Waals surface area contributed by atoms with Crippen molar-refractivity contribution in [1.29, 1.82) is 0 Å². The summed E-state index contributed by atoms with van der Waals surface area (Å²) in [6.07, 6.45) is 3.81. The number of benzene rings is 1. The second-order valence-corrected chi connectivity index (χ2v) is 6.85. The van der Waals surface area contributed by atoms with Crippen molar-refractivity contribution < 1.29 is 9.59 Å². The third kappa shape index (κ3) is 4.79. The molecule has 2 rings (SSSR count). The molecule has 23 heavy (non-hydrogen) atoms. The molecule has 0 saturated carbocycles. The molecular weight excluding hydrogens is 290 g/mol. The van der Waals surface area contributed by atoms with Crippen LogP contribution in [0.3, 0.4) is 0 Å². The second kappa shape index (κ2) is 7.59. The van der Waals surface area contributed by atoms with E-state index in [0.717, 1.165) is 43.6 Å². The largest absolute Gasteiger partial charge is 0.369 e. The normalized spacial score (nSPS) is 16.1. The predicted molar refractivity (Wildman–Crippen MR) is 92.1 cm³/mol. The number of hydrogen-bond acceptors (Lipinski definition) is 3. The van der Waals surface area contributed by atoms with Gasteiger partial charge < -0.3 is 16.4 Å². The lowest BCUT2D eigenvalue weighted by atomic mass is 9.84. The Balaban J connectivity index is 1.85. The third-order valence-corrected chi connectivity index (χ3v) is 4.74. The molecule has 0 unspecified atom stereocenters. The molecule has 0 aliphatic carbocycles. The lowest BCUT2D eigenvalue weighted by Crippen LogP contribution is -2.35. The summed E-state index contributed by atoms with van der Waals surface area (Å²) < 4.78 is 0. The van der Waals surface area contributed by atoms with Gasteiger partial charge in [-0.15, -0.1) is 0 Å². The summed E-state index contributed by atoms with van der Waals surface area (Å²) in [6.45, 7) is 5.71. The molecular formula is C18H27N3O2. The number of primary amides is 1. The topological polar surface area (TPSA) is 84.2 Å². The van der Waals surface area contributed by atoms with Gasteiger partial charge in [0.25, 0.3) is 0 Å². The Kier molecular flexibility index (Phi) is 5.77. The van der Waals surface area contributed by atoms with Crippen LogP contribution in [-0.2, 0) is 15.0 Å². The Morgan fingerprint density at radius 3 is 2.39 bits per heavy atom. The van der Waals surface area contributed by atoms with Gasteiger partial charge in [0.1, 0.15) is 0 Å². The minimum atomic E-state index is -0.711. The minimum absolute atomic E-state index is 0.0467. The predicted octanol–water partition coefficient (Wildman–Crippen LogP) is 2.17. The third-order valence-electron chi connectivity index (χ3n) is 4.74. The highest BCUT2D eigenvalue weighted by molar-refractivity contribution is 5.91. The number of amides is 2. The maximum atomic E-state index is 12.0. The molecule has 0 aromatic heterocycles. The summed E-state index contributed by atoms with van der Waals surface area (Å²) in [7, 11) is 0. The highest BCUT2D eigenvalue weighted by Gasteiger charge is 2.27. The van der Waals surface area contributed by atoms with E-state index >= 15 is 0 Å². The van der Waals surface area contributed by atoms with E-state index in [9.17, 15) is 9.59 Å². The number of hydrogen-bond donors (Lipinski definition) is 3.